The molecule has 0 amide bonds. The molecule has 0 aromatic heterocycles. The normalized spacial score (nSPS) is 17.4. The van der Waals surface area contributed by atoms with E-state index in [4.69, 9.17) is 23.2 Å². The Hall–Kier alpha value is -1.45. The lowest BCUT2D eigenvalue weighted by molar-refractivity contribution is 0.471. The minimum atomic E-state index is -0.606. The lowest BCUT2D eigenvalue weighted by atomic mass is 9.87. The molecule has 0 spiro atoms. The Bertz CT molecular complexity index is 667. The molecular weight excluding hydrogens is 312 g/mol. The molecule has 0 saturated carbocycles. The van der Waals surface area contributed by atoms with Crippen LogP contribution in [0.3, 0.4) is 0 Å². The standard InChI is InChI=1S/C16H14Cl2FNO/c17-13-6-10(7-14(18)16(13)19)20-15-3-1-2-9-4-5-11(21)8-12(9)15/h4-8,15,20-21H,1-3H2. The number of benzene rings is 2. The molecule has 1 unspecified atom stereocenters. The van der Waals surface area contributed by atoms with E-state index in [1.807, 2.05) is 6.07 Å². The summed E-state index contributed by atoms with van der Waals surface area (Å²) in [6, 6.07) is 8.53. The van der Waals surface area contributed by atoms with Crippen LogP contribution in [0.25, 0.3) is 0 Å². The molecule has 3 rings (SSSR count). The Morgan fingerprint density at radius 2 is 1.86 bits per heavy atom. The maximum absolute atomic E-state index is 13.5. The summed E-state index contributed by atoms with van der Waals surface area (Å²) in [6.07, 6.45) is 2.99. The van der Waals surface area contributed by atoms with E-state index in [0.29, 0.717) is 5.69 Å². The van der Waals surface area contributed by atoms with E-state index in [9.17, 15) is 9.50 Å². The van der Waals surface area contributed by atoms with Crippen LogP contribution in [-0.4, -0.2) is 5.11 Å². The Kier molecular flexibility index (Phi) is 3.96. The van der Waals surface area contributed by atoms with Crippen LogP contribution in [0.1, 0.15) is 30.0 Å². The van der Waals surface area contributed by atoms with Gasteiger partial charge in [-0.2, -0.15) is 0 Å². The van der Waals surface area contributed by atoms with Gasteiger partial charge in [0.2, 0.25) is 0 Å². The molecule has 1 aliphatic rings. The summed E-state index contributed by atoms with van der Waals surface area (Å²) in [4.78, 5) is 0. The van der Waals surface area contributed by atoms with Gasteiger partial charge in [0.25, 0.3) is 0 Å². The van der Waals surface area contributed by atoms with Crippen molar-refractivity contribution in [3.05, 3.63) is 57.3 Å². The van der Waals surface area contributed by atoms with Crippen molar-refractivity contribution in [1.82, 2.24) is 0 Å². The summed E-state index contributed by atoms with van der Waals surface area (Å²) in [5, 5.41) is 13.0. The second kappa shape index (κ2) is 5.74. The number of phenols is 1. The number of fused-ring (bicyclic) bond motifs is 1. The summed E-state index contributed by atoms with van der Waals surface area (Å²) in [5.41, 5.74) is 2.96. The second-order valence-corrected chi connectivity index (χ2v) is 6.04. The van der Waals surface area contributed by atoms with Gasteiger partial charge in [-0.1, -0.05) is 29.3 Å². The van der Waals surface area contributed by atoms with Gasteiger partial charge in [-0.3, -0.25) is 0 Å². The molecular formula is C16H14Cl2FNO. The number of anilines is 1. The van der Waals surface area contributed by atoms with Gasteiger partial charge >= 0.3 is 0 Å². The van der Waals surface area contributed by atoms with Crippen molar-refractivity contribution in [2.75, 3.05) is 5.32 Å². The quantitative estimate of drug-likeness (QED) is 0.731. The van der Waals surface area contributed by atoms with E-state index in [1.165, 1.54) is 17.7 Å². The largest absolute Gasteiger partial charge is 0.508 e. The average molecular weight is 326 g/mol. The third-order valence-corrected chi connectivity index (χ3v) is 4.32. The molecule has 2 N–H and O–H groups in total. The molecule has 5 heteroatoms. The molecule has 0 fully saturated rings. The van der Waals surface area contributed by atoms with E-state index in [0.717, 1.165) is 24.8 Å². The summed E-state index contributed by atoms with van der Waals surface area (Å²) in [6.45, 7) is 0. The third kappa shape index (κ3) is 2.94. The SMILES string of the molecule is Oc1ccc2c(c1)C(Nc1cc(Cl)c(F)c(Cl)c1)CCC2. The van der Waals surface area contributed by atoms with Crippen LogP contribution in [0, 0.1) is 5.82 Å². The minimum absolute atomic E-state index is 0.00283. The number of hydrogen-bond acceptors (Lipinski definition) is 2. The molecule has 1 atom stereocenters. The highest BCUT2D eigenvalue weighted by Crippen LogP contribution is 2.36. The fourth-order valence-corrected chi connectivity index (χ4v) is 3.26. The zero-order chi connectivity index (χ0) is 15.0. The number of halogens is 3. The number of aromatic hydroxyl groups is 1. The van der Waals surface area contributed by atoms with Crippen LogP contribution < -0.4 is 5.32 Å². The zero-order valence-electron chi connectivity index (χ0n) is 11.2. The van der Waals surface area contributed by atoms with Crippen molar-refractivity contribution in [3.8, 4) is 5.75 Å². The zero-order valence-corrected chi connectivity index (χ0v) is 12.7. The van der Waals surface area contributed by atoms with E-state index in [2.05, 4.69) is 5.32 Å². The number of aryl methyl sites for hydroxylation is 1. The van der Waals surface area contributed by atoms with Gasteiger partial charge in [-0.25, -0.2) is 4.39 Å². The number of phenolic OH excluding ortho intramolecular Hbond substituents is 1. The van der Waals surface area contributed by atoms with Crippen LogP contribution in [0.4, 0.5) is 10.1 Å². The molecule has 2 aromatic rings. The van der Waals surface area contributed by atoms with Crippen LogP contribution in [0.5, 0.6) is 5.75 Å². The second-order valence-electron chi connectivity index (χ2n) is 5.23. The van der Waals surface area contributed by atoms with Gasteiger partial charge in [0.15, 0.2) is 5.82 Å². The number of hydrogen-bond donors (Lipinski definition) is 2. The molecule has 2 nitrogen and oxygen atoms in total. The highest BCUT2D eigenvalue weighted by atomic mass is 35.5. The van der Waals surface area contributed by atoms with Gasteiger partial charge in [0.1, 0.15) is 5.75 Å². The lowest BCUT2D eigenvalue weighted by Gasteiger charge is -2.27. The predicted molar refractivity (Wildman–Crippen MR) is 83.8 cm³/mol. The van der Waals surface area contributed by atoms with Gasteiger partial charge in [0.05, 0.1) is 16.1 Å². The third-order valence-electron chi connectivity index (χ3n) is 3.77. The van der Waals surface area contributed by atoms with Crippen molar-refractivity contribution in [3.63, 3.8) is 0 Å². The molecule has 0 aliphatic heterocycles. The predicted octanol–water partition coefficient (Wildman–Crippen LogP) is 5.33. The smallest absolute Gasteiger partial charge is 0.160 e. The molecule has 0 bridgehead atoms. The van der Waals surface area contributed by atoms with Crippen LogP contribution >= 0.6 is 23.2 Å². The van der Waals surface area contributed by atoms with E-state index in [-0.39, 0.29) is 21.8 Å². The van der Waals surface area contributed by atoms with Gasteiger partial charge in [-0.05, 0) is 54.7 Å². The minimum Gasteiger partial charge on any atom is -0.508 e. The van der Waals surface area contributed by atoms with Gasteiger partial charge < -0.3 is 10.4 Å². The molecule has 0 radical (unpaired) electrons. The first-order valence-electron chi connectivity index (χ1n) is 6.77. The van der Waals surface area contributed by atoms with Crippen molar-refractivity contribution >= 4 is 28.9 Å². The first-order chi connectivity index (χ1) is 10.0. The van der Waals surface area contributed by atoms with Crippen molar-refractivity contribution in [2.45, 2.75) is 25.3 Å². The highest BCUT2D eigenvalue weighted by molar-refractivity contribution is 6.35. The lowest BCUT2D eigenvalue weighted by Crippen LogP contribution is -2.17. The van der Waals surface area contributed by atoms with Crippen molar-refractivity contribution in [1.29, 1.82) is 0 Å². The van der Waals surface area contributed by atoms with Crippen LogP contribution in [-0.2, 0) is 6.42 Å². The number of rotatable bonds is 2. The molecule has 21 heavy (non-hydrogen) atoms. The van der Waals surface area contributed by atoms with E-state index in [1.54, 1.807) is 12.1 Å². The van der Waals surface area contributed by atoms with E-state index >= 15 is 0 Å². The molecule has 0 heterocycles. The number of nitrogens with one attached hydrogen (secondary N) is 1. The molecule has 0 saturated heterocycles. The molecule has 1 aliphatic carbocycles. The summed E-state index contributed by atoms with van der Waals surface area (Å²) in [7, 11) is 0. The van der Waals surface area contributed by atoms with Crippen molar-refractivity contribution < 1.29 is 9.50 Å². The Morgan fingerprint density at radius 1 is 1.14 bits per heavy atom. The monoisotopic (exact) mass is 325 g/mol. The Balaban J connectivity index is 1.92. The summed E-state index contributed by atoms with van der Waals surface area (Å²) >= 11 is 11.6. The Morgan fingerprint density at radius 3 is 2.57 bits per heavy atom. The molecule has 110 valence electrons. The van der Waals surface area contributed by atoms with Gasteiger partial charge in [-0.15, -0.1) is 0 Å². The van der Waals surface area contributed by atoms with Crippen LogP contribution in [0.15, 0.2) is 30.3 Å². The van der Waals surface area contributed by atoms with Crippen LogP contribution in [0.2, 0.25) is 10.0 Å². The van der Waals surface area contributed by atoms with Crippen molar-refractivity contribution in [2.24, 2.45) is 0 Å². The van der Waals surface area contributed by atoms with E-state index < -0.39 is 5.82 Å². The fraction of sp³-hybridized carbons (Fsp3) is 0.250. The topological polar surface area (TPSA) is 32.3 Å². The average Bonchev–Trinajstić information content (AvgIpc) is 2.45. The maximum atomic E-state index is 13.5. The first kappa shape index (κ1) is 14.5. The van der Waals surface area contributed by atoms with Gasteiger partial charge in [0, 0.05) is 5.69 Å². The fourth-order valence-electron chi connectivity index (χ4n) is 2.78. The summed E-state index contributed by atoms with van der Waals surface area (Å²) < 4.78 is 13.5. The first-order valence-corrected chi connectivity index (χ1v) is 7.53. The highest BCUT2D eigenvalue weighted by Gasteiger charge is 2.21. The Labute approximate surface area is 132 Å². The maximum Gasteiger partial charge on any atom is 0.160 e. The molecule has 2 aromatic carbocycles. The summed E-state index contributed by atoms with van der Waals surface area (Å²) in [5.74, 6) is -0.358.